The van der Waals surface area contributed by atoms with E-state index in [2.05, 4.69) is 0 Å². The van der Waals surface area contributed by atoms with Crippen LogP contribution in [0.25, 0.3) is 0 Å². The number of amides is 2. The van der Waals surface area contributed by atoms with Crippen molar-refractivity contribution in [2.45, 2.75) is 94.7 Å². The lowest BCUT2D eigenvalue weighted by Gasteiger charge is -2.45. The summed E-state index contributed by atoms with van der Waals surface area (Å²) in [6.07, 6.45) is -2.37. The van der Waals surface area contributed by atoms with Gasteiger partial charge in [0.25, 0.3) is 0 Å². The monoisotopic (exact) mass is 548 g/mol. The van der Waals surface area contributed by atoms with Crippen molar-refractivity contribution in [2.24, 2.45) is 0 Å². The van der Waals surface area contributed by atoms with Gasteiger partial charge in [-0.15, -0.1) is 0 Å². The summed E-state index contributed by atoms with van der Waals surface area (Å²) >= 11 is 0. The number of carbonyl (C=O) groups is 2. The molecular formula is C30H33F5N2O2. The lowest BCUT2D eigenvalue weighted by Crippen LogP contribution is -2.54. The largest absolute Gasteiger partial charge is 0.426 e. The highest BCUT2D eigenvalue weighted by atomic mass is 19.4. The first kappa shape index (κ1) is 27.6. The van der Waals surface area contributed by atoms with Gasteiger partial charge in [0, 0.05) is 30.5 Å². The zero-order valence-corrected chi connectivity index (χ0v) is 22.3. The Kier molecular flexibility index (Phi) is 6.79. The minimum Gasteiger partial charge on any atom is -0.337 e. The van der Waals surface area contributed by atoms with Crippen molar-refractivity contribution in [1.29, 1.82) is 0 Å². The van der Waals surface area contributed by atoms with E-state index < -0.39 is 28.9 Å². The summed E-state index contributed by atoms with van der Waals surface area (Å²) in [4.78, 5) is 30.0. The van der Waals surface area contributed by atoms with Gasteiger partial charge in [-0.2, -0.15) is 13.2 Å². The molecule has 4 atom stereocenters. The highest BCUT2D eigenvalue weighted by Crippen LogP contribution is 2.51. The number of aryl methyl sites for hydroxylation is 1. The van der Waals surface area contributed by atoms with E-state index >= 15 is 0 Å². The summed E-state index contributed by atoms with van der Waals surface area (Å²) in [5.41, 5.74) is -2.26. The molecule has 2 aromatic carbocycles. The topological polar surface area (TPSA) is 40.6 Å². The standard InChI is InChI=1S/C30H33F5N2O2/c1-18(2)37-24(11-13-26(37)38)27(39)36-15-14-29(17-19-4-8-22(31)9-5-19)23-10-7-21(28(3,32)30(33,34)35)16-20(23)6-12-25(29)36/h4-5,7-10,16,18,24-25H,6,11-15,17H2,1-3H3/t24-,25?,28?,29?/m0/s1. The van der Waals surface area contributed by atoms with Gasteiger partial charge in [-0.3, -0.25) is 9.59 Å². The summed E-state index contributed by atoms with van der Waals surface area (Å²) in [5, 5.41) is 0. The van der Waals surface area contributed by atoms with Crippen LogP contribution < -0.4 is 0 Å². The summed E-state index contributed by atoms with van der Waals surface area (Å²) in [6.45, 7) is 4.75. The highest BCUT2D eigenvalue weighted by Gasteiger charge is 2.56. The first-order valence-corrected chi connectivity index (χ1v) is 13.5. The molecule has 1 aliphatic carbocycles. The van der Waals surface area contributed by atoms with Crippen LogP contribution in [0, 0.1) is 5.82 Å². The van der Waals surface area contributed by atoms with Crippen LogP contribution in [0.15, 0.2) is 42.5 Å². The molecule has 2 aromatic rings. The van der Waals surface area contributed by atoms with Crippen LogP contribution >= 0.6 is 0 Å². The van der Waals surface area contributed by atoms with E-state index in [1.807, 2.05) is 18.7 Å². The Balaban J connectivity index is 1.55. The number of rotatable bonds is 5. The van der Waals surface area contributed by atoms with E-state index in [0.717, 1.165) is 11.1 Å². The van der Waals surface area contributed by atoms with Gasteiger partial charge in [0.1, 0.15) is 11.9 Å². The quantitative estimate of drug-likeness (QED) is 0.430. The zero-order chi connectivity index (χ0) is 28.3. The summed E-state index contributed by atoms with van der Waals surface area (Å²) in [5.74, 6) is -0.520. The number of nitrogens with zero attached hydrogens (tertiary/aromatic N) is 2. The van der Waals surface area contributed by atoms with Crippen molar-refractivity contribution >= 4 is 11.8 Å². The smallest absolute Gasteiger partial charge is 0.337 e. The summed E-state index contributed by atoms with van der Waals surface area (Å²) in [7, 11) is 0. The number of fused-ring (bicyclic) bond motifs is 3. The number of halogens is 5. The lowest BCUT2D eigenvalue weighted by atomic mass is 9.63. The van der Waals surface area contributed by atoms with E-state index in [1.165, 1.54) is 24.3 Å². The molecular weight excluding hydrogens is 515 g/mol. The minimum atomic E-state index is -5.05. The first-order valence-electron chi connectivity index (χ1n) is 13.5. The molecule has 2 heterocycles. The Labute approximate surface area is 225 Å². The molecule has 0 bridgehead atoms. The molecule has 39 heavy (non-hydrogen) atoms. The molecule has 210 valence electrons. The molecule has 2 amide bonds. The van der Waals surface area contributed by atoms with Crippen molar-refractivity contribution in [3.63, 3.8) is 0 Å². The van der Waals surface area contributed by atoms with E-state index in [9.17, 15) is 31.5 Å². The second kappa shape index (κ2) is 9.59. The maximum absolute atomic E-state index is 14.9. The molecule has 3 aliphatic rings. The molecule has 4 nitrogen and oxygen atoms in total. The minimum absolute atomic E-state index is 0.0411. The SMILES string of the molecule is CC(C)N1C(=O)CC[C@H]1C(=O)N1CCC2(Cc3ccc(F)cc3)c3ccc(C(C)(F)C(F)(F)F)cc3CCC12. The Morgan fingerprint density at radius 2 is 1.74 bits per heavy atom. The normalized spacial score (nSPS) is 26.5. The number of hydrogen-bond acceptors (Lipinski definition) is 2. The molecule has 9 heteroatoms. The molecule has 0 N–H and O–H groups in total. The Hall–Kier alpha value is -2.97. The Morgan fingerprint density at radius 3 is 2.38 bits per heavy atom. The van der Waals surface area contributed by atoms with Crippen LogP contribution in [-0.2, 0) is 33.5 Å². The van der Waals surface area contributed by atoms with Gasteiger partial charge in [-0.25, -0.2) is 8.78 Å². The zero-order valence-electron chi connectivity index (χ0n) is 22.3. The van der Waals surface area contributed by atoms with E-state index in [0.29, 0.717) is 57.6 Å². The molecule has 0 spiro atoms. The third kappa shape index (κ3) is 4.51. The molecule has 2 saturated heterocycles. The number of alkyl halides is 4. The van der Waals surface area contributed by atoms with Gasteiger partial charge in [-0.05, 0) is 87.3 Å². The fraction of sp³-hybridized carbons (Fsp3) is 0.533. The number of benzene rings is 2. The van der Waals surface area contributed by atoms with Crippen LogP contribution in [-0.4, -0.2) is 52.5 Å². The molecule has 2 fully saturated rings. The second-order valence-corrected chi connectivity index (χ2v) is 11.6. The van der Waals surface area contributed by atoms with Gasteiger partial charge < -0.3 is 9.80 Å². The fourth-order valence-electron chi connectivity index (χ4n) is 7.04. The van der Waals surface area contributed by atoms with Crippen LogP contribution in [0.5, 0.6) is 0 Å². The fourth-order valence-corrected chi connectivity index (χ4v) is 7.04. The van der Waals surface area contributed by atoms with Crippen molar-refractivity contribution in [1.82, 2.24) is 9.80 Å². The average Bonchev–Trinajstić information content (AvgIpc) is 3.45. The first-order chi connectivity index (χ1) is 18.3. The van der Waals surface area contributed by atoms with Gasteiger partial charge in [0.05, 0.1) is 0 Å². The number of likely N-dealkylation sites (tertiary alicyclic amines) is 2. The molecule has 2 aliphatic heterocycles. The third-order valence-corrected chi connectivity index (χ3v) is 9.03. The van der Waals surface area contributed by atoms with Crippen LogP contribution in [0.3, 0.4) is 0 Å². The third-order valence-electron chi connectivity index (χ3n) is 9.03. The van der Waals surface area contributed by atoms with Crippen molar-refractivity contribution in [3.05, 3.63) is 70.5 Å². The van der Waals surface area contributed by atoms with Crippen LogP contribution in [0.4, 0.5) is 22.0 Å². The van der Waals surface area contributed by atoms with Gasteiger partial charge in [0.2, 0.25) is 17.5 Å². The number of carbonyl (C=O) groups excluding carboxylic acids is 2. The van der Waals surface area contributed by atoms with Gasteiger partial charge in [-0.1, -0.05) is 30.3 Å². The van der Waals surface area contributed by atoms with E-state index in [1.54, 1.807) is 23.1 Å². The van der Waals surface area contributed by atoms with Crippen molar-refractivity contribution in [2.75, 3.05) is 6.54 Å². The molecule has 0 saturated carbocycles. The Bertz CT molecular complexity index is 1270. The van der Waals surface area contributed by atoms with Crippen molar-refractivity contribution in [3.8, 4) is 0 Å². The molecule has 0 aromatic heterocycles. The second-order valence-electron chi connectivity index (χ2n) is 11.6. The Morgan fingerprint density at radius 1 is 1.05 bits per heavy atom. The van der Waals surface area contributed by atoms with E-state index in [4.69, 9.17) is 0 Å². The van der Waals surface area contributed by atoms with Crippen LogP contribution in [0.1, 0.15) is 68.7 Å². The lowest BCUT2D eigenvalue weighted by molar-refractivity contribution is -0.228. The maximum Gasteiger partial charge on any atom is 0.426 e. The molecule has 0 radical (unpaired) electrons. The number of hydrogen-bond donors (Lipinski definition) is 0. The predicted molar refractivity (Wildman–Crippen MR) is 136 cm³/mol. The van der Waals surface area contributed by atoms with Crippen molar-refractivity contribution < 1.29 is 31.5 Å². The van der Waals surface area contributed by atoms with Crippen LogP contribution in [0.2, 0.25) is 0 Å². The average molecular weight is 549 g/mol. The van der Waals surface area contributed by atoms with Gasteiger partial charge >= 0.3 is 6.18 Å². The predicted octanol–water partition coefficient (Wildman–Crippen LogP) is 6.00. The summed E-state index contributed by atoms with van der Waals surface area (Å²) < 4.78 is 69.0. The maximum atomic E-state index is 14.9. The van der Waals surface area contributed by atoms with Gasteiger partial charge in [0.15, 0.2) is 0 Å². The molecule has 3 unspecified atom stereocenters. The van der Waals surface area contributed by atoms with E-state index in [-0.39, 0.29) is 29.7 Å². The molecule has 5 rings (SSSR count). The summed E-state index contributed by atoms with van der Waals surface area (Å²) in [6, 6.07) is 9.33. The highest BCUT2D eigenvalue weighted by molar-refractivity contribution is 5.91.